The predicted molar refractivity (Wildman–Crippen MR) is 87.8 cm³/mol. The third kappa shape index (κ3) is 4.19. The van der Waals surface area contributed by atoms with Gasteiger partial charge in [0.2, 0.25) is 0 Å². The van der Waals surface area contributed by atoms with E-state index in [1.54, 1.807) is 0 Å². The topological polar surface area (TPSA) is 6.48 Å². The second-order valence-corrected chi connectivity index (χ2v) is 6.43. The Morgan fingerprint density at radius 1 is 1.25 bits per heavy atom. The summed E-state index contributed by atoms with van der Waals surface area (Å²) in [7, 11) is 2.26. The Kier molecular flexibility index (Phi) is 5.38. The van der Waals surface area contributed by atoms with E-state index in [0.717, 1.165) is 12.5 Å². The van der Waals surface area contributed by atoms with Crippen molar-refractivity contribution in [2.75, 3.05) is 33.2 Å². The minimum atomic E-state index is 0.688. The van der Waals surface area contributed by atoms with Crippen molar-refractivity contribution in [3.63, 3.8) is 0 Å². The van der Waals surface area contributed by atoms with Crippen LogP contribution < -0.4 is 0 Å². The number of piperazine rings is 1. The Balaban J connectivity index is 1.94. The van der Waals surface area contributed by atoms with E-state index in [9.17, 15) is 0 Å². The number of hydrogen-bond acceptors (Lipinski definition) is 2. The zero-order valence-corrected chi connectivity index (χ0v) is 13.3. The molecule has 1 aromatic rings. The molecule has 0 spiro atoms. The molecule has 1 fully saturated rings. The SMILES string of the molecule is CC(=Cc1ccccc1)CN1CCN(C)[C@@H](C(C)C)C1. The minimum absolute atomic E-state index is 0.688. The molecule has 0 amide bonds. The van der Waals surface area contributed by atoms with E-state index < -0.39 is 0 Å². The fourth-order valence-electron chi connectivity index (χ4n) is 3.06. The standard InChI is InChI=1S/C18H28N2/c1-15(2)18-14-20(11-10-19(18)4)13-16(3)12-17-8-6-5-7-9-17/h5-9,12,15,18H,10-11,13-14H2,1-4H3/t18-/m1/s1. The lowest BCUT2D eigenvalue weighted by Crippen LogP contribution is -2.53. The highest BCUT2D eigenvalue weighted by Gasteiger charge is 2.26. The molecular weight excluding hydrogens is 244 g/mol. The molecule has 0 saturated carbocycles. The highest BCUT2D eigenvalue weighted by molar-refractivity contribution is 5.52. The van der Waals surface area contributed by atoms with E-state index in [2.05, 4.69) is 74.0 Å². The van der Waals surface area contributed by atoms with Gasteiger partial charge in [-0.25, -0.2) is 0 Å². The van der Waals surface area contributed by atoms with Gasteiger partial charge in [-0.3, -0.25) is 4.90 Å². The maximum Gasteiger partial charge on any atom is 0.0243 e. The molecule has 0 N–H and O–H groups in total. The fourth-order valence-corrected chi connectivity index (χ4v) is 3.06. The lowest BCUT2D eigenvalue weighted by Gasteiger charge is -2.41. The molecule has 1 saturated heterocycles. The smallest absolute Gasteiger partial charge is 0.0243 e. The molecule has 2 rings (SSSR count). The summed E-state index contributed by atoms with van der Waals surface area (Å²) in [6.45, 7) is 11.5. The van der Waals surface area contributed by atoms with Crippen LogP contribution in [-0.2, 0) is 0 Å². The predicted octanol–water partition coefficient (Wildman–Crippen LogP) is 3.36. The van der Waals surface area contributed by atoms with Crippen LogP contribution in [0.5, 0.6) is 0 Å². The van der Waals surface area contributed by atoms with Gasteiger partial charge in [-0.05, 0) is 25.5 Å². The van der Waals surface area contributed by atoms with Crippen LogP contribution in [0.15, 0.2) is 35.9 Å². The van der Waals surface area contributed by atoms with Gasteiger partial charge in [0.05, 0.1) is 0 Å². The molecule has 2 heteroatoms. The molecule has 20 heavy (non-hydrogen) atoms. The van der Waals surface area contributed by atoms with Crippen molar-refractivity contribution in [2.24, 2.45) is 5.92 Å². The monoisotopic (exact) mass is 272 g/mol. The summed E-state index contributed by atoms with van der Waals surface area (Å²) in [4.78, 5) is 5.11. The molecule has 1 aliphatic rings. The van der Waals surface area contributed by atoms with E-state index >= 15 is 0 Å². The van der Waals surface area contributed by atoms with Gasteiger partial charge in [-0.1, -0.05) is 55.8 Å². The summed E-state index contributed by atoms with van der Waals surface area (Å²) in [6, 6.07) is 11.3. The van der Waals surface area contributed by atoms with Gasteiger partial charge in [0.1, 0.15) is 0 Å². The molecule has 1 atom stereocenters. The Morgan fingerprint density at radius 2 is 1.95 bits per heavy atom. The van der Waals surface area contributed by atoms with Gasteiger partial charge < -0.3 is 4.90 Å². The first-order chi connectivity index (χ1) is 9.56. The average molecular weight is 272 g/mol. The third-order valence-corrected chi connectivity index (χ3v) is 4.24. The van der Waals surface area contributed by atoms with Crippen LogP contribution in [-0.4, -0.2) is 49.1 Å². The Morgan fingerprint density at radius 3 is 2.60 bits per heavy atom. The summed E-state index contributed by atoms with van der Waals surface area (Å²) in [5.74, 6) is 0.723. The number of hydrogen-bond donors (Lipinski definition) is 0. The molecule has 1 heterocycles. The van der Waals surface area contributed by atoms with Crippen molar-refractivity contribution in [1.82, 2.24) is 9.80 Å². The van der Waals surface area contributed by atoms with Crippen LogP contribution in [0.2, 0.25) is 0 Å². The van der Waals surface area contributed by atoms with Gasteiger partial charge >= 0.3 is 0 Å². The van der Waals surface area contributed by atoms with Gasteiger partial charge in [0, 0.05) is 32.2 Å². The maximum atomic E-state index is 2.60. The van der Waals surface area contributed by atoms with Crippen molar-refractivity contribution < 1.29 is 0 Å². The number of nitrogens with zero attached hydrogens (tertiary/aromatic N) is 2. The third-order valence-electron chi connectivity index (χ3n) is 4.24. The molecule has 1 aromatic carbocycles. The average Bonchev–Trinajstić information content (AvgIpc) is 2.41. The van der Waals surface area contributed by atoms with E-state index in [1.807, 2.05) is 0 Å². The van der Waals surface area contributed by atoms with Crippen molar-refractivity contribution in [1.29, 1.82) is 0 Å². The van der Waals surface area contributed by atoms with E-state index in [4.69, 9.17) is 0 Å². The second kappa shape index (κ2) is 7.05. The molecule has 110 valence electrons. The van der Waals surface area contributed by atoms with E-state index in [0.29, 0.717) is 6.04 Å². The number of rotatable bonds is 4. The molecule has 0 radical (unpaired) electrons. The van der Waals surface area contributed by atoms with Crippen LogP contribution in [0.3, 0.4) is 0 Å². The van der Waals surface area contributed by atoms with Crippen LogP contribution >= 0.6 is 0 Å². The molecular formula is C18H28N2. The fraction of sp³-hybridized carbons (Fsp3) is 0.556. The minimum Gasteiger partial charge on any atom is -0.301 e. The molecule has 0 aromatic heterocycles. The zero-order valence-electron chi connectivity index (χ0n) is 13.3. The molecule has 2 nitrogen and oxygen atoms in total. The van der Waals surface area contributed by atoms with Crippen LogP contribution in [0.1, 0.15) is 26.3 Å². The van der Waals surface area contributed by atoms with E-state index in [1.165, 1.54) is 30.8 Å². The first-order valence-corrected chi connectivity index (χ1v) is 7.71. The van der Waals surface area contributed by atoms with Crippen molar-refractivity contribution in [3.05, 3.63) is 41.5 Å². The van der Waals surface area contributed by atoms with Gasteiger partial charge in [-0.15, -0.1) is 0 Å². The van der Waals surface area contributed by atoms with Crippen LogP contribution in [0.25, 0.3) is 6.08 Å². The molecule has 0 unspecified atom stereocenters. The van der Waals surface area contributed by atoms with E-state index in [-0.39, 0.29) is 0 Å². The first-order valence-electron chi connectivity index (χ1n) is 7.71. The maximum absolute atomic E-state index is 2.60. The molecule has 0 aliphatic carbocycles. The lowest BCUT2D eigenvalue weighted by molar-refractivity contribution is 0.0758. The normalized spacial score (nSPS) is 22.4. The van der Waals surface area contributed by atoms with Crippen LogP contribution in [0.4, 0.5) is 0 Å². The van der Waals surface area contributed by atoms with Gasteiger partial charge in [0.25, 0.3) is 0 Å². The Labute approximate surface area is 124 Å². The zero-order chi connectivity index (χ0) is 14.5. The van der Waals surface area contributed by atoms with Crippen molar-refractivity contribution >= 4 is 6.08 Å². The summed E-state index contributed by atoms with van der Waals surface area (Å²) < 4.78 is 0. The molecule has 0 bridgehead atoms. The number of likely N-dealkylation sites (N-methyl/N-ethyl adjacent to an activating group) is 1. The van der Waals surface area contributed by atoms with Gasteiger partial charge in [-0.2, -0.15) is 0 Å². The second-order valence-electron chi connectivity index (χ2n) is 6.43. The summed E-state index contributed by atoms with van der Waals surface area (Å²) in [6.07, 6.45) is 2.31. The number of benzene rings is 1. The summed E-state index contributed by atoms with van der Waals surface area (Å²) in [5, 5.41) is 0. The Hall–Kier alpha value is -1.12. The van der Waals surface area contributed by atoms with Crippen molar-refractivity contribution in [3.8, 4) is 0 Å². The summed E-state index contributed by atoms with van der Waals surface area (Å²) in [5.41, 5.74) is 2.75. The first kappa shape index (κ1) is 15.3. The highest BCUT2D eigenvalue weighted by Crippen LogP contribution is 2.17. The van der Waals surface area contributed by atoms with Gasteiger partial charge in [0.15, 0.2) is 0 Å². The molecule has 1 aliphatic heterocycles. The van der Waals surface area contributed by atoms with Crippen molar-refractivity contribution in [2.45, 2.75) is 26.8 Å². The quantitative estimate of drug-likeness (QED) is 0.829. The highest BCUT2D eigenvalue weighted by atomic mass is 15.3. The Bertz CT molecular complexity index is 436. The summed E-state index contributed by atoms with van der Waals surface area (Å²) >= 11 is 0. The van der Waals surface area contributed by atoms with Crippen LogP contribution in [0, 0.1) is 5.92 Å². The largest absolute Gasteiger partial charge is 0.301 e. The lowest BCUT2D eigenvalue weighted by atomic mass is 10.00.